The Hall–Kier alpha value is -1.20. The first kappa shape index (κ1) is 10.9. The highest BCUT2D eigenvalue weighted by molar-refractivity contribution is 6.29. The van der Waals surface area contributed by atoms with E-state index in [0.29, 0.717) is 18.1 Å². The molecule has 14 heavy (non-hydrogen) atoms. The van der Waals surface area contributed by atoms with Gasteiger partial charge in [0.25, 0.3) is 0 Å². The number of aromatic nitrogens is 2. The Morgan fingerprint density at radius 2 is 2.21 bits per heavy atom. The minimum absolute atomic E-state index is 0.0835. The molecule has 0 aliphatic heterocycles. The van der Waals surface area contributed by atoms with Crippen LogP contribution < -0.4 is 5.32 Å². The number of hydrogen-bond donors (Lipinski definition) is 1. The summed E-state index contributed by atoms with van der Waals surface area (Å²) in [7, 11) is 1.56. The molecule has 0 aliphatic carbocycles. The number of amides is 1. The second-order valence-corrected chi connectivity index (χ2v) is 2.77. The molecular weight excluding hydrogens is 206 g/mol. The zero-order valence-electron chi connectivity index (χ0n) is 7.66. The molecule has 5 nitrogen and oxygen atoms in total. The molecule has 1 aromatic rings. The van der Waals surface area contributed by atoms with Crippen molar-refractivity contribution in [1.29, 1.82) is 0 Å². The lowest BCUT2D eigenvalue weighted by molar-refractivity contribution is -0.113. The molecule has 0 radical (unpaired) electrons. The number of carbonyl (C=O) groups is 1. The molecule has 1 N–H and O–H groups in total. The second kappa shape index (κ2) is 5.51. The maximum atomic E-state index is 10.9. The lowest BCUT2D eigenvalue weighted by Gasteiger charge is -2.02. The minimum atomic E-state index is -0.283. The van der Waals surface area contributed by atoms with Crippen LogP contribution in [0.2, 0.25) is 0 Å². The van der Waals surface area contributed by atoms with Crippen molar-refractivity contribution >= 4 is 23.2 Å². The molecule has 0 fully saturated rings. The van der Waals surface area contributed by atoms with E-state index >= 15 is 0 Å². The Labute approximate surface area is 86.5 Å². The van der Waals surface area contributed by atoms with Crippen molar-refractivity contribution in [2.75, 3.05) is 18.3 Å². The number of alkyl halides is 1. The molecule has 0 spiro atoms. The highest BCUT2D eigenvalue weighted by atomic mass is 35.5. The number of methoxy groups -OCH3 is 1. The van der Waals surface area contributed by atoms with Crippen LogP contribution in [-0.2, 0) is 16.1 Å². The van der Waals surface area contributed by atoms with Crippen molar-refractivity contribution in [3.8, 4) is 0 Å². The number of anilines is 1. The van der Waals surface area contributed by atoms with Crippen LogP contribution in [0.4, 0.5) is 5.69 Å². The summed E-state index contributed by atoms with van der Waals surface area (Å²) in [6, 6.07) is 0. The topological polar surface area (TPSA) is 64.1 Å². The molecule has 76 valence electrons. The Morgan fingerprint density at radius 1 is 1.57 bits per heavy atom. The fourth-order valence-corrected chi connectivity index (χ4v) is 0.884. The average molecular weight is 216 g/mol. The van der Waals surface area contributed by atoms with E-state index in [1.165, 1.54) is 12.4 Å². The monoisotopic (exact) mass is 215 g/mol. The number of ether oxygens (including phenoxy) is 1. The predicted molar refractivity (Wildman–Crippen MR) is 52.1 cm³/mol. The van der Waals surface area contributed by atoms with Gasteiger partial charge >= 0.3 is 0 Å². The quantitative estimate of drug-likeness (QED) is 0.755. The van der Waals surface area contributed by atoms with Crippen LogP contribution in [0.15, 0.2) is 12.4 Å². The lowest BCUT2D eigenvalue weighted by atomic mass is 10.5. The summed E-state index contributed by atoms with van der Waals surface area (Å²) in [5, 5.41) is 2.52. The molecule has 6 heteroatoms. The molecule has 1 heterocycles. The van der Waals surface area contributed by atoms with E-state index < -0.39 is 0 Å². The van der Waals surface area contributed by atoms with Gasteiger partial charge in [-0.2, -0.15) is 0 Å². The van der Waals surface area contributed by atoms with E-state index in [1.54, 1.807) is 7.11 Å². The van der Waals surface area contributed by atoms with Crippen molar-refractivity contribution in [2.24, 2.45) is 0 Å². The smallest absolute Gasteiger partial charge is 0.239 e. The Balaban J connectivity index is 2.59. The van der Waals surface area contributed by atoms with Crippen molar-refractivity contribution in [3.05, 3.63) is 18.2 Å². The van der Waals surface area contributed by atoms with Gasteiger partial charge in [-0.1, -0.05) is 0 Å². The largest absolute Gasteiger partial charge is 0.377 e. The molecule has 0 saturated heterocycles. The van der Waals surface area contributed by atoms with Gasteiger partial charge in [-0.3, -0.25) is 4.79 Å². The third kappa shape index (κ3) is 3.27. The number of carbonyl (C=O) groups excluding carboxylic acids is 1. The molecule has 0 unspecified atom stereocenters. The van der Waals surface area contributed by atoms with Crippen LogP contribution >= 0.6 is 11.6 Å². The predicted octanol–water partition coefficient (Wildman–Crippen LogP) is 0.800. The SMILES string of the molecule is COCc1ncc(NC(=O)CCl)cn1. The minimum Gasteiger partial charge on any atom is -0.377 e. The van der Waals surface area contributed by atoms with Crippen molar-refractivity contribution in [1.82, 2.24) is 9.97 Å². The van der Waals surface area contributed by atoms with E-state index in [4.69, 9.17) is 16.3 Å². The van der Waals surface area contributed by atoms with Crippen molar-refractivity contribution in [3.63, 3.8) is 0 Å². The summed E-state index contributed by atoms with van der Waals surface area (Å²) in [4.78, 5) is 18.8. The van der Waals surface area contributed by atoms with Crippen LogP contribution in [0, 0.1) is 0 Å². The van der Waals surface area contributed by atoms with E-state index in [0.717, 1.165) is 0 Å². The van der Waals surface area contributed by atoms with Crippen molar-refractivity contribution in [2.45, 2.75) is 6.61 Å². The van der Waals surface area contributed by atoms with Crippen LogP contribution in [0.3, 0.4) is 0 Å². The Morgan fingerprint density at radius 3 is 2.71 bits per heavy atom. The molecule has 0 saturated carbocycles. The number of nitrogens with one attached hydrogen (secondary N) is 1. The molecule has 1 aromatic heterocycles. The second-order valence-electron chi connectivity index (χ2n) is 2.50. The number of hydrogen-bond acceptors (Lipinski definition) is 4. The third-order valence-electron chi connectivity index (χ3n) is 1.38. The number of halogens is 1. The number of rotatable bonds is 4. The van der Waals surface area contributed by atoms with Crippen LogP contribution in [-0.4, -0.2) is 28.9 Å². The molecule has 0 aromatic carbocycles. The fraction of sp³-hybridized carbons (Fsp3) is 0.375. The summed E-state index contributed by atoms with van der Waals surface area (Å²) >= 11 is 5.31. The molecular formula is C8H10ClN3O2. The third-order valence-corrected chi connectivity index (χ3v) is 1.63. The molecule has 1 rings (SSSR count). The molecule has 1 amide bonds. The molecule has 0 atom stereocenters. The van der Waals surface area contributed by atoms with Crippen LogP contribution in [0.25, 0.3) is 0 Å². The maximum Gasteiger partial charge on any atom is 0.239 e. The van der Waals surface area contributed by atoms with Gasteiger partial charge in [0.1, 0.15) is 12.5 Å². The van der Waals surface area contributed by atoms with Gasteiger partial charge in [-0.25, -0.2) is 9.97 Å². The average Bonchev–Trinajstić information content (AvgIpc) is 2.21. The zero-order valence-corrected chi connectivity index (χ0v) is 8.41. The zero-order chi connectivity index (χ0) is 10.4. The van der Waals surface area contributed by atoms with Crippen molar-refractivity contribution < 1.29 is 9.53 Å². The van der Waals surface area contributed by atoms with Crippen LogP contribution in [0.5, 0.6) is 0 Å². The summed E-state index contributed by atoms with van der Waals surface area (Å²) in [6.07, 6.45) is 3.01. The standard InChI is InChI=1S/C8H10ClN3O2/c1-14-5-7-10-3-6(4-11-7)12-8(13)2-9/h3-4H,2,5H2,1H3,(H,12,13). The summed E-state index contributed by atoms with van der Waals surface area (Å²) < 4.78 is 4.84. The highest BCUT2D eigenvalue weighted by Gasteiger charge is 2.01. The van der Waals surface area contributed by atoms with Gasteiger partial charge in [-0.05, 0) is 0 Å². The Kier molecular flexibility index (Phi) is 4.28. The first-order valence-corrected chi connectivity index (χ1v) is 4.45. The maximum absolute atomic E-state index is 10.9. The van der Waals surface area contributed by atoms with E-state index in [1.807, 2.05) is 0 Å². The summed E-state index contributed by atoms with van der Waals surface area (Å²) in [5.74, 6) is 0.200. The summed E-state index contributed by atoms with van der Waals surface area (Å²) in [6.45, 7) is 0.351. The first-order chi connectivity index (χ1) is 6.76. The Bertz CT molecular complexity index is 302. The lowest BCUT2D eigenvalue weighted by Crippen LogP contribution is -2.13. The molecule has 0 aliphatic rings. The summed E-state index contributed by atoms with van der Waals surface area (Å²) in [5.41, 5.74) is 0.524. The van der Waals surface area contributed by atoms with Crippen LogP contribution in [0.1, 0.15) is 5.82 Å². The van der Waals surface area contributed by atoms with Gasteiger partial charge < -0.3 is 10.1 Å². The fourth-order valence-electron chi connectivity index (χ4n) is 0.817. The van der Waals surface area contributed by atoms with Gasteiger partial charge in [0.2, 0.25) is 5.91 Å². The number of nitrogens with zero attached hydrogens (tertiary/aromatic N) is 2. The van der Waals surface area contributed by atoms with Gasteiger partial charge in [0.15, 0.2) is 5.82 Å². The van der Waals surface area contributed by atoms with E-state index in [2.05, 4.69) is 15.3 Å². The molecule has 0 bridgehead atoms. The highest BCUT2D eigenvalue weighted by Crippen LogP contribution is 2.03. The van der Waals surface area contributed by atoms with Gasteiger partial charge in [0, 0.05) is 7.11 Å². The van der Waals surface area contributed by atoms with Gasteiger partial charge in [0.05, 0.1) is 18.1 Å². The van der Waals surface area contributed by atoms with E-state index in [-0.39, 0.29) is 11.8 Å². The normalized spacial score (nSPS) is 9.86. The first-order valence-electron chi connectivity index (χ1n) is 3.92. The van der Waals surface area contributed by atoms with E-state index in [9.17, 15) is 4.79 Å². The van der Waals surface area contributed by atoms with Gasteiger partial charge in [-0.15, -0.1) is 11.6 Å².